The van der Waals surface area contributed by atoms with Gasteiger partial charge in [-0.1, -0.05) is 18.2 Å². The van der Waals surface area contributed by atoms with Crippen LogP contribution < -0.4 is 26.8 Å². The third-order valence-corrected chi connectivity index (χ3v) is 8.82. The van der Waals surface area contributed by atoms with E-state index in [2.05, 4.69) is 15.3 Å². The van der Waals surface area contributed by atoms with Crippen LogP contribution in [0.15, 0.2) is 47.4 Å². The molecular weight excluding hydrogens is 461 g/mol. The first-order valence-corrected chi connectivity index (χ1v) is 14.3. The molecule has 0 saturated carbocycles. The normalized spacial score (nSPS) is 12.1. The highest BCUT2D eigenvalue weighted by molar-refractivity contribution is 7.92. The summed E-state index contributed by atoms with van der Waals surface area (Å²) in [4.78, 5) is 8.59. The number of aromatic nitrogens is 2. The Morgan fingerprint density at radius 2 is 1.73 bits per heavy atom. The Morgan fingerprint density at radius 1 is 1.06 bits per heavy atom. The average molecular weight is 490 g/mol. The molecule has 0 aliphatic carbocycles. The number of rotatable bonds is 7. The summed E-state index contributed by atoms with van der Waals surface area (Å²) in [6, 6.07) is 11.6. The van der Waals surface area contributed by atoms with E-state index in [1.54, 1.807) is 63.6 Å². The number of anilines is 4. The number of nitrogens with two attached hydrogens (primary N) is 2. The first-order valence-electron chi connectivity index (χ1n) is 10.1. The summed E-state index contributed by atoms with van der Waals surface area (Å²) >= 11 is 0. The van der Waals surface area contributed by atoms with Crippen LogP contribution in [0.4, 0.5) is 23.1 Å². The van der Waals surface area contributed by atoms with Crippen LogP contribution in [0.5, 0.6) is 5.75 Å². The molecule has 1 aromatic heterocycles. The van der Waals surface area contributed by atoms with Gasteiger partial charge in [0, 0.05) is 10.9 Å². The lowest BCUT2D eigenvalue weighted by Crippen LogP contribution is -2.16. The summed E-state index contributed by atoms with van der Waals surface area (Å²) in [5, 5.41) is 3.04. The molecular formula is C22H28N5O4PS. The highest BCUT2D eigenvalue weighted by Gasteiger charge is 2.24. The molecule has 0 aliphatic rings. The van der Waals surface area contributed by atoms with E-state index >= 15 is 0 Å². The summed E-state index contributed by atoms with van der Waals surface area (Å²) in [7, 11) is -4.59. The van der Waals surface area contributed by atoms with E-state index < -0.39 is 22.2 Å². The van der Waals surface area contributed by atoms with Crippen molar-refractivity contribution in [2.45, 2.75) is 24.0 Å². The minimum atomic E-state index is -3.57. The highest BCUT2D eigenvalue weighted by atomic mass is 32.2. The first kappa shape index (κ1) is 24.5. The predicted molar refractivity (Wildman–Crippen MR) is 134 cm³/mol. The van der Waals surface area contributed by atoms with Crippen LogP contribution in [-0.2, 0) is 14.4 Å². The molecule has 11 heteroatoms. The van der Waals surface area contributed by atoms with Crippen molar-refractivity contribution in [2.75, 3.05) is 37.2 Å². The van der Waals surface area contributed by atoms with E-state index in [1.165, 1.54) is 13.2 Å². The maximum atomic E-state index is 12.8. The van der Waals surface area contributed by atoms with Gasteiger partial charge in [0.2, 0.25) is 5.95 Å². The first-order chi connectivity index (χ1) is 15.4. The minimum Gasteiger partial charge on any atom is -0.496 e. The fourth-order valence-electron chi connectivity index (χ4n) is 3.20. The van der Waals surface area contributed by atoms with E-state index in [-0.39, 0.29) is 22.3 Å². The van der Waals surface area contributed by atoms with Gasteiger partial charge in [-0.15, -0.1) is 0 Å². The maximum Gasteiger partial charge on any atom is 0.222 e. The Morgan fingerprint density at radius 3 is 2.33 bits per heavy atom. The maximum absolute atomic E-state index is 12.8. The van der Waals surface area contributed by atoms with Crippen LogP contribution in [0.1, 0.15) is 13.8 Å². The number of benzene rings is 2. The topological polar surface area (TPSA) is 150 Å². The number of nitrogens with one attached hydrogen (secondary N) is 1. The number of ether oxygens (including phenoxy) is 1. The number of hydrogen-bond donors (Lipinski definition) is 3. The Labute approximate surface area is 193 Å². The average Bonchev–Trinajstić information content (AvgIpc) is 2.75. The smallest absolute Gasteiger partial charge is 0.222 e. The van der Waals surface area contributed by atoms with Crippen molar-refractivity contribution in [3.8, 4) is 17.0 Å². The predicted octanol–water partition coefficient (Wildman–Crippen LogP) is 3.49. The molecule has 33 heavy (non-hydrogen) atoms. The van der Waals surface area contributed by atoms with Crippen LogP contribution >= 0.6 is 7.14 Å². The van der Waals surface area contributed by atoms with Gasteiger partial charge in [0.25, 0.3) is 0 Å². The lowest BCUT2D eigenvalue weighted by atomic mass is 10.1. The Bertz CT molecular complexity index is 1350. The number of nitrogens with zero attached hydrogens (tertiary/aromatic N) is 2. The van der Waals surface area contributed by atoms with E-state index in [1.807, 2.05) is 0 Å². The molecule has 0 unspecified atom stereocenters. The molecule has 9 nitrogen and oxygen atoms in total. The van der Waals surface area contributed by atoms with Crippen LogP contribution in [0.3, 0.4) is 0 Å². The molecule has 0 fully saturated rings. The van der Waals surface area contributed by atoms with Gasteiger partial charge in [-0.05, 0) is 51.4 Å². The fourth-order valence-corrected chi connectivity index (χ4v) is 5.26. The molecule has 3 aromatic rings. The molecule has 0 bridgehead atoms. The Balaban J connectivity index is 2.15. The molecule has 0 amide bonds. The van der Waals surface area contributed by atoms with Gasteiger partial charge >= 0.3 is 0 Å². The van der Waals surface area contributed by atoms with Crippen molar-refractivity contribution in [2.24, 2.45) is 0 Å². The van der Waals surface area contributed by atoms with Crippen molar-refractivity contribution in [3.63, 3.8) is 0 Å². The second-order valence-corrected chi connectivity index (χ2v) is 13.8. The molecule has 2 aromatic carbocycles. The van der Waals surface area contributed by atoms with Crippen LogP contribution in [-0.4, -0.2) is 44.1 Å². The zero-order valence-corrected chi connectivity index (χ0v) is 20.9. The zero-order chi connectivity index (χ0) is 24.6. The van der Waals surface area contributed by atoms with Crippen molar-refractivity contribution >= 4 is 45.4 Å². The number of nitrogen functional groups attached to an aromatic ring is 2. The molecule has 3 rings (SSSR count). The van der Waals surface area contributed by atoms with E-state index in [0.29, 0.717) is 28.0 Å². The minimum absolute atomic E-state index is 0.0614. The van der Waals surface area contributed by atoms with Gasteiger partial charge in [-0.3, -0.25) is 0 Å². The van der Waals surface area contributed by atoms with E-state index in [4.69, 9.17) is 16.2 Å². The second kappa shape index (κ2) is 9.03. The van der Waals surface area contributed by atoms with Crippen molar-refractivity contribution in [1.29, 1.82) is 0 Å². The van der Waals surface area contributed by atoms with E-state index in [0.717, 1.165) is 0 Å². The molecule has 0 radical (unpaired) electrons. The largest absolute Gasteiger partial charge is 0.496 e. The summed E-state index contributed by atoms with van der Waals surface area (Å²) < 4.78 is 43.6. The van der Waals surface area contributed by atoms with Gasteiger partial charge in [0.1, 0.15) is 24.3 Å². The summed E-state index contributed by atoms with van der Waals surface area (Å²) in [5.41, 5.74) is 13.7. The van der Waals surface area contributed by atoms with Gasteiger partial charge < -0.3 is 26.1 Å². The monoisotopic (exact) mass is 489 g/mol. The Kier molecular flexibility index (Phi) is 6.72. The Hall–Kier alpha value is -3.10. The quantitative estimate of drug-likeness (QED) is 0.424. The van der Waals surface area contributed by atoms with Crippen molar-refractivity contribution < 1.29 is 17.7 Å². The summed E-state index contributed by atoms with van der Waals surface area (Å²) in [6.07, 6.45) is 0. The van der Waals surface area contributed by atoms with Crippen LogP contribution in [0.25, 0.3) is 11.3 Å². The highest BCUT2D eigenvalue weighted by Crippen LogP contribution is 2.41. The van der Waals surface area contributed by atoms with Crippen molar-refractivity contribution in [3.05, 3.63) is 42.5 Å². The SMILES string of the molecule is COc1cc(P(C)(C)=O)ccc1-c1nc(N)nc(Nc2ccccc2S(=O)(=O)C(C)C)c1N. The third kappa shape index (κ3) is 4.96. The number of methoxy groups -OCH3 is 1. The third-order valence-electron chi connectivity index (χ3n) is 5.09. The molecule has 0 aliphatic heterocycles. The molecule has 176 valence electrons. The molecule has 0 saturated heterocycles. The number of hydrogen-bond acceptors (Lipinski definition) is 9. The molecule has 0 atom stereocenters. The van der Waals surface area contributed by atoms with E-state index in [9.17, 15) is 13.0 Å². The van der Waals surface area contributed by atoms with Gasteiger partial charge in [0.05, 0.1) is 22.9 Å². The van der Waals surface area contributed by atoms with Gasteiger partial charge in [-0.25, -0.2) is 13.4 Å². The van der Waals surface area contributed by atoms with Crippen LogP contribution in [0.2, 0.25) is 0 Å². The lowest BCUT2D eigenvalue weighted by Gasteiger charge is -2.18. The summed E-state index contributed by atoms with van der Waals surface area (Å²) in [5.74, 6) is 0.523. The second-order valence-electron chi connectivity index (χ2n) is 8.14. The van der Waals surface area contributed by atoms with Gasteiger partial charge in [-0.2, -0.15) is 4.98 Å². The summed E-state index contributed by atoms with van der Waals surface area (Å²) in [6.45, 7) is 6.57. The zero-order valence-electron chi connectivity index (χ0n) is 19.2. The van der Waals surface area contributed by atoms with Crippen molar-refractivity contribution in [1.82, 2.24) is 9.97 Å². The van der Waals surface area contributed by atoms with Crippen LogP contribution in [0, 0.1) is 0 Å². The molecule has 1 heterocycles. The fraction of sp³-hybridized carbons (Fsp3) is 0.273. The van der Waals surface area contributed by atoms with Gasteiger partial charge in [0.15, 0.2) is 15.7 Å². The molecule has 0 spiro atoms. The lowest BCUT2D eigenvalue weighted by molar-refractivity contribution is 0.416. The number of para-hydroxylation sites is 1. The molecule has 5 N–H and O–H groups in total. The standard InChI is InChI=1S/C22H28N5O4PS/c1-13(2)33(29,30)18-9-7-6-8-16(18)25-21-19(23)20(26-22(24)27-21)15-11-10-14(32(4,5)28)12-17(15)31-3/h6-13H,23H2,1-5H3,(H3,24,25,26,27). The number of sulfone groups is 1.